The zero-order valence-electron chi connectivity index (χ0n) is 9.65. The lowest BCUT2D eigenvalue weighted by molar-refractivity contribution is 0.435. The van der Waals surface area contributed by atoms with Crippen molar-refractivity contribution in [1.29, 1.82) is 0 Å². The molecular formula is C13H14ClN3. The van der Waals surface area contributed by atoms with Crippen LogP contribution in [-0.2, 0) is 0 Å². The third-order valence-corrected chi connectivity index (χ3v) is 3.71. The summed E-state index contributed by atoms with van der Waals surface area (Å²) >= 11 is 6.16. The smallest absolute Gasteiger partial charge is 0.0994 e. The molecule has 1 saturated heterocycles. The molecule has 1 aliphatic heterocycles. The van der Waals surface area contributed by atoms with Crippen LogP contribution in [0.5, 0.6) is 0 Å². The van der Waals surface area contributed by atoms with Gasteiger partial charge in [0.2, 0.25) is 0 Å². The molecule has 2 heterocycles. The van der Waals surface area contributed by atoms with Gasteiger partial charge in [0, 0.05) is 41.6 Å². The van der Waals surface area contributed by atoms with Crippen LogP contribution in [-0.4, -0.2) is 22.6 Å². The van der Waals surface area contributed by atoms with Gasteiger partial charge in [-0.2, -0.15) is 0 Å². The Balaban J connectivity index is 2.02. The number of hydrogen-bond acceptors (Lipinski definition) is 2. The summed E-state index contributed by atoms with van der Waals surface area (Å²) in [5, 5.41) is 4.08. The van der Waals surface area contributed by atoms with E-state index in [1.807, 2.05) is 31.6 Å². The van der Waals surface area contributed by atoms with E-state index in [0.29, 0.717) is 5.92 Å². The molecule has 1 aromatic heterocycles. The number of benzene rings is 1. The maximum atomic E-state index is 6.16. The van der Waals surface area contributed by atoms with Gasteiger partial charge in [-0.25, -0.2) is 4.98 Å². The number of halogens is 1. The van der Waals surface area contributed by atoms with Crippen LogP contribution in [0.25, 0.3) is 5.69 Å². The highest BCUT2D eigenvalue weighted by Crippen LogP contribution is 2.25. The van der Waals surface area contributed by atoms with Crippen molar-refractivity contribution >= 4 is 11.6 Å². The first-order chi connectivity index (χ1) is 8.25. The van der Waals surface area contributed by atoms with Crippen molar-refractivity contribution < 1.29 is 0 Å². The van der Waals surface area contributed by atoms with Crippen molar-refractivity contribution in [2.45, 2.75) is 12.8 Å². The molecule has 0 saturated carbocycles. The second-order valence-corrected chi connectivity index (χ2v) is 4.88. The fourth-order valence-corrected chi connectivity index (χ4v) is 2.23. The van der Waals surface area contributed by atoms with E-state index in [1.165, 1.54) is 5.69 Å². The van der Waals surface area contributed by atoms with Crippen LogP contribution >= 0.6 is 11.6 Å². The summed E-state index contributed by atoms with van der Waals surface area (Å²) in [7, 11) is 0. The molecule has 0 atom stereocenters. The Labute approximate surface area is 105 Å². The minimum Gasteiger partial charge on any atom is -0.315 e. The van der Waals surface area contributed by atoms with Gasteiger partial charge in [-0.05, 0) is 24.6 Å². The van der Waals surface area contributed by atoms with Crippen molar-refractivity contribution in [2.75, 3.05) is 13.1 Å². The van der Waals surface area contributed by atoms with Crippen LogP contribution in [0.1, 0.15) is 17.2 Å². The number of aromatic nitrogens is 2. The number of aryl methyl sites for hydroxylation is 1. The number of hydrogen-bond donors (Lipinski definition) is 1. The summed E-state index contributed by atoms with van der Waals surface area (Å²) in [5.41, 5.74) is 3.44. The van der Waals surface area contributed by atoms with Gasteiger partial charge in [-0.1, -0.05) is 17.7 Å². The Morgan fingerprint density at radius 1 is 1.41 bits per heavy atom. The summed E-state index contributed by atoms with van der Waals surface area (Å²) in [4.78, 5) is 4.25. The molecule has 1 aliphatic rings. The molecule has 0 aliphatic carbocycles. The van der Waals surface area contributed by atoms with E-state index in [-0.39, 0.29) is 0 Å². The molecule has 3 nitrogen and oxygen atoms in total. The lowest BCUT2D eigenvalue weighted by atomic mass is 10.00. The Morgan fingerprint density at radius 2 is 2.24 bits per heavy atom. The molecule has 0 bridgehead atoms. The van der Waals surface area contributed by atoms with E-state index in [4.69, 9.17) is 11.6 Å². The normalized spacial score (nSPS) is 15.9. The van der Waals surface area contributed by atoms with Crippen molar-refractivity contribution in [3.63, 3.8) is 0 Å². The maximum Gasteiger partial charge on any atom is 0.0994 e. The highest BCUT2D eigenvalue weighted by molar-refractivity contribution is 6.31. The largest absolute Gasteiger partial charge is 0.315 e. The van der Waals surface area contributed by atoms with Gasteiger partial charge in [0.1, 0.15) is 0 Å². The first-order valence-electron chi connectivity index (χ1n) is 5.75. The van der Waals surface area contributed by atoms with Gasteiger partial charge < -0.3 is 9.88 Å². The van der Waals surface area contributed by atoms with Gasteiger partial charge in [0.25, 0.3) is 0 Å². The van der Waals surface area contributed by atoms with Crippen LogP contribution in [0.15, 0.2) is 30.7 Å². The minimum absolute atomic E-state index is 0.567. The molecule has 3 rings (SSSR count). The van der Waals surface area contributed by atoms with E-state index in [2.05, 4.69) is 20.9 Å². The Bertz CT molecular complexity index is 543. The van der Waals surface area contributed by atoms with Crippen molar-refractivity contribution in [2.24, 2.45) is 0 Å². The highest BCUT2D eigenvalue weighted by Gasteiger charge is 2.22. The Morgan fingerprint density at radius 3 is 2.88 bits per heavy atom. The average Bonchev–Trinajstić information content (AvgIpc) is 2.68. The molecule has 88 valence electrons. The fourth-order valence-electron chi connectivity index (χ4n) is 2.05. The zero-order chi connectivity index (χ0) is 11.8. The van der Waals surface area contributed by atoms with Crippen LogP contribution in [0.2, 0.25) is 5.02 Å². The van der Waals surface area contributed by atoms with Gasteiger partial charge in [-0.15, -0.1) is 0 Å². The van der Waals surface area contributed by atoms with Crippen LogP contribution in [0.4, 0.5) is 0 Å². The number of nitrogens with zero attached hydrogens (tertiary/aromatic N) is 2. The van der Waals surface area contributed by atoms with Gasteiger partial charge in [0.05, 0.1) is 6.33 Å². The molecule has 1 N–H and O–H groups in total. The minimum atomic E-state index is 0.567. The lowest BCUT2D eigenvalue weighted by Gasteiger charge is -2.27. The summed E-state index contributed by atoms with van der Waals surface area (Å²) in [6.45, 7) is 4.08. The third kappa shape index (κ3) is 1.85. The quantitative estimate of drug-likeness (QED) is 0.884. The molecule has 0 spiro atoms. The summed E-state index contributed by atoms with van der Waals surface area (Å²) in [5.74, 6) is 0.567. The SMILES string of the molecule is Cc1ccc(-n2cncc2C2CNC2)cc1Cl. The Hall–Kier alpha value is -1.32. The second-order valence-electron chi connectivity index (χ2n) is 4.48. The monoisotopic (exact) mass is 247 g/mol. The van der Waals surface area contributed by atoms with Crippen molar-refractivity contribution in [1.82, 2.24) is 14.9 Å². The molecular weight excluding hydrogens is 234 g/mol. The predicted octanol–water partition coefficient (Wildman–Crippen LogP) is 2.52. The predicted molar refractivity (Wildman–Crippen MR) is 68.9 cm³/mol. The molecule has 0 amide bonds. The summed E-state index contributed by atoms with van der Waals surface area (Å²) in [6, 6.07) is 6.12. The lowest BCUT2D eigenvalue weighted by Crippen LogP contribution is -2.40. The maximum absolute atomic E-state index is 6.16. The highest BCUT2D eigenvalue weighted by atomic mass is 35.5. The zero-order valence-corrected chi connectivity index (χ0v) is 10.4. The first-order valence-corrected chi connectivity index (χ1v) is 6.13. The average molecular weight is 248 g/mol. The fraction of sp³-hybridized carbons (Fsp3) is 0.308. The molecule has 17 heavy (non-hydrogen) atoms. The van der Waals surface area contributed by atoms with Crippen LogP contribution in [0.3, 0.4) is 0 Å². The van der Waals surface area contributed by atoms with Crippen molar-refractivity contribution in [3.05, 3.63) is 47.0 Å². The van der Waals surface area contributed by atoms with Crippen molar-refractivity contribution in [3.8, 4) is 5.69 Å². The second kappa shape index (κ2) is 4.17. The van der Waals surface area contributed by atoms with Crippen LogP contribution in [0, 0.1) is 6.92 Å². The summed E-state index contributed by atoms with van der Waals surface area (Å²) < 4.78 is 2.12. The van der Waals surface area contributed by atoms with Gasteiger partial charge >= 0.3 is 0 Å². The van der Waals surface area contributed by atoms with Gasteiger partial charge in [0.15, 0.2) is 0 Å². The molecule has 0 unspecified atom stereocenters. The summed E-state index contributed by atoms with van der Waals surface area (Å²) in [6.07, 6.45) is 3.80. The molecule has 2 aromatic rings. The number of imidazole rings is 1. The van der Waals surface area contributed by atoms with Gasteiger partial charge in [-0.3, -0.25) is 0 Å². The number of nitrogens with one attached hydrogen (secondary N) is 1. The molecule has 1 fully saturated rings. The standard InChI is InChI=1S/C13H14ClN3/c1-9-2-3-11(4-12(9)14)17-8-16-7-13(17)10-5-15-6-10/h2-4,7-8,10,15H,5-6H2,1H3. The van der Waals surface area contributed by atoms with E-state index < -0.39 is 0 Å². The first kappa shape index (κ1) is 10.8. The van der Waals surface area contributed by atoms with E-state index in [9.17, 15) is 0 Å². The molecule has 1 aromatic carbocycles. The molecule has 0 radical (unpaired) electrons. The topological polar surface area (TPSA) is 29.9 Å². The number of rotatable bonds is 2. The van der Waals surface area contributed by atoms with E-state index in [1.54, 1.807) is 0 Å². The third-order valence-electron chi connectivity index (χ3n) is 3.30. The van der Waals surface area contributed by atoms with Crippen LogP contribution < -0.4 is 5.32 Å². The van der Waals surface area contributed by atoms with E-state index >= 15 is 0 Å². The van der Waals surface area contributed by atoms with E-state index in [0.717, 1.165) is 29.4 Å². The molecule has 4 heteroatoms. The Kier molecular flexibility index (Phi) is 2.65.